The van der Waals surface area contributed by atoms with Crippen molar-refractivity contribution in [3.8, 4) is 0 Å². The summed E-state index contributed by atoms with van der Waals surface area (Å²) in [7, 11) is 1.95. The zero-order valence-electron chi connectivity index (χ0n) is 8.46. The van der Waals surface area contributed by atoms with E-state index in [4.69, 9.17) is 0 Å². The van der Waals surface area contributed by atoms with E-state index in [1.165, 1.54) is 16.8 Å². The van der Waals surface area contributed by atoms with Gasteiger partial charge in [0.25, 0.3) is 0 Å². The molecule has 72 valence electrons. The highest BCUT2D eigenvalue weighted by molar-refractivity contribution is 5.70. The number of allylic oxidation sites excluding steroid dienone is 4. The van der Waals surface area contributed by atoms with Crippen molar-refractivity contribution in [1.29, 1.82) is 0 Å². The fourth-order valence-electron chi connectivity index (χ4n) is 1.72. The van der Waals surface area contributed by atoms with E-state index >= 15 is 0 Å². The highest BCUT2D eigenvalue weighted by atomic mass is 14.8. The number of hydrogen-bond acceptors (Lipinski definition) is 1. The number of hydrogen-bond donors (Lipinski definition) is 1. The van der Waals surface area contributed by atoms with E-state index < -0.39 is 0 Å². The first-order valence-electron chi connectivity index (χ1n) is 5.04. The van der Waals surface area contributed by atoms with Crippen LogP contribution in [0.1, 0.15) is 18.4 Å². The Morgan fingerprint density at radius 3 is 2.93 bits per heavy atom. The van der Waals surface area contributed by atoms with Crippen molar-refractivity contribution in [2.24, 2.45) is 0 Å². The van der Waals surface area contributed by atoms with Crippen LogP contribution in [0, 0.1) is 0 Å². The number of rotatable bonds is 2. The lowest BCUT2D eigenvalue weighted by atomic mass is 9.97. The van der Waals surface area contributed by atoms with Crippen molar-refractivity contribution >= 4 is 11.3 Å². The monoisotopic (exact) mass is 185 g/mol. The molecule has 0 bridgehead atoms. The molecular weight excluding hydrogens is 170 g/mol. The van der Waals surface area contributed by atoms with E-state index in [0.717, 1.165) is 12.8 Å². The fraction of sp³-hybridized carbons (Fsp3) is 0.231. The number of anilines is 1. The Bertz CT molecular complexity index is 375. The number of nitrogens with one attached hydrogen (secondary N) is 1. The Labute approximate surface area is 85.2 Å². The SMILES string of the molecule is CNc1cccc(C2=CC=CCC2)c1. The smallest absolute Gasteiger partial charge is 0.0343 e. The van der Waals surface area contributed by atoms with Crippen molar-refractivity contribution in [3.63, 3.8) is 0 Å². The Morgan fingerprint density at radius 1 is 1.29 bits per heavy atom. The van der Waals surface area contributed by atoms with Crippen LogP contribution in [0.5, 0.6) is 0 Å². The van der Waals surface area contributed by atoms with Gasteiger partial charge in [-0.1, -0.05) is 30.4 Å². The van der Waals surface area contributed by atoms with Crippen LogP contribution in [-0.4, -0.2) is 7.05 Å². The van der Waals surface area contributed by atoms with Crippen molar-refractivity contribution in [2.45, 2.75) is 12.8 Å². The topological polar surface area (TPSA) is 12.0 Å². The van der Waals surface area contributed by atoms with E-state index in [9.17, 15) is 0 Å². The van der Waals surface area contributed by atoms with Crippen LogP contribution >= 0.6 is 0 Å². The van der Waals surface area contributed by atoms with Gasteiger partial charge < -0.3 is 5.32 Å². The molecule has 1 nitrogen and oxygen atoms in total. The summed E-state index contributed by atoms with van der Waals surface area (Å²) in [5.41, 5.74) is 3.95. The highest BCUT2D eigenvalue weighted by Gasteiger charge is 2.02. The highest BCUT2D eigenvalue weighted by Crippen LogP contribution is 2.25. The molecule has 1 aliphatic rings. The molecule has 0 amide bonds. The molecule has 0 atom stereocenters. The summed E-state index contributed by atoms with van der Waals surface area (Å²) in [6, 6.07) is 8.56. The van der Waals surface area contributed by atoms with Gasteiger partial charge in [-0.25, -0.2) is 0 Å². The summed E-state index contributed by atoms with van der Waals surface area (Å²) in [6.07, 6.45) is 8.88. The van der Waals surface area contributed by atoms with E-state index in [1.54, 1.807) is 0 Å². The zero-order valence-corrected chi connectivity index (χ0v) is 8.46. The molecule has 0 radical (unpaired) electrons. The maximum atomic E-state index is 3.16. The first kappa shape index (κ1) is 9.07. The Kier molecular flexibility index (Phi) is 2.68. The first-order chi connectivity index (χ1) is 6.90. The van der Waals surface area contributed by atoms with Gasteiger partial charge in [0.2, 0.25) is 0 Å². The largest absolute Gasteiger partial charge is 0.388 e. The normalized spacial score (nSPS) is 15.1. The predicted molar refractivity (Wildman–Crippen MR) is 62.3 cm³/mol. The molecular formula is C13H15N. The van der Waals surface area contributed by atoms with Crippen LogP contribution in [0.2, 0.25) is 0 Å². The van der Waals surface area contributed by atoms with E-state index in [-0.39, 0.29) is 0 Å². The van der Waals surface area contributed by atoms with Gasteiger partial charge in [0, 0.05) is 12.7 Å². The first-order valence-corrected chi connectivity index (χ1v) is 5.04. The molecule has 0 aliphatic heterocycles. The maximum Gasteiger partial charge on any atom is 0.0343 e. The average Bonchev–Trinajstić information content (AvgIpc) is 2.30. The molecule has 1 heteroatoms. The van der Waals surface area contributed by atoms with Crippen molar-refractivity contribution in [1.82, 2.24) is 0 Å². The Morgan fingerprint density at radius 2 is 2.21 bits per heavy atom. The molecule has 1 aromatic carbocycles. The molecule has 0 saturated heterocycles. The van der Waals surface area contributed by atoms with Crippen molar-refractivity contribution < 1.29 is 0 Å². The lowest BCUT2D eigenvalue weighted by molar-refractivity contribution is 1.05. The van der Waals surface area contributed by atoms with Crippen LogP contribution in [0.4, 0.5) is 5.69 Å². The van der Waals surface area contributed by atoms with Gasteiger partial charge in [-0.15, -0.1) is 0 Å². The minimum absolute atomic E-state index is 1.16. The number of benzene rings is 1. The van der Waals surface area contributed by atoms with Gasteiger partial charge in [-0.2, -0.15) is 0 Å². The Hall–Kier alpha value is -1.50. The maximum absolute atomic E-state index is 3.16. The minimum Gasteiger partial charge on any atom is -0.388 e. The molecule has 1 N–H and O–H groups in total. The van der Waals surface area contributed by atoms with E-state index in [2.05, 4.69) is 47.8 Å². The second-order valence-corrected chi connectivity index (χ2v) is 3.49. The summed E-state index contributed by atoms with van der Waals surface area (Å²) in [5.74, 6) is 0. The lowest BCUT2D eigenvalue weighted by Crippen LogP contribution is -1.91. The minimum atomic E-state index is 1.16. The van der Waals surface area contributed by atoms with Gasteiger partial charge in [0.1, 0.15) is 0 Å². The Balaban J connectivity index is 2.31. The molecule has 0 heterocycles. The van der Waals surface area contributed by atoms with Crippen LogP contribution in [0.3, 0.4) is 0 Å². The molecule has 0 unspecified atom stereocenters. The third-order valence-corrected chi connectivity index (χ3v) is 2.54. The molecule has 14 heavy (non-hydrogen) atoms. The van der Waals surface area contributed by atoms with Gasteiger partial charge in [-0.3, -0.25) is 0 Å². The van der Waals surface area contributed by atoms with Gasteiger partial charge >= 0.3 is 0 Å². The predicted octanol–water partition coefficient (Wildman–Crippen LogP) is 3.46. The summed E-state index contributed by atoms with van der Waals surface area (Å²) in [4.78, 5) is 0. The average molecular weight is 185 g/mol. The summed E-state index contributed by atoms with van der Waals surface area (Å²) in [6.45, 7) is 0. The van der Waals surface area contributed by atoms with Gasteiger partial charge in [0.05, 0.1) is 0 Å². The molecule has 0 spiro atoms. The molecule has 0 saturated carbocycles. The van der Waals surface area contributed by atoms with Crippen molar-refractivity contribution in [3.05, 3.63) is 48.1 Å². The fourth-order valence-corrected chi connectivity index (χ4v) is 1.72. The van der Waals surface area contributed by atoms with E-state index in [0.29, 0.717) is 0 Å². The van der Waals surface area contributed by atoms with Crippen LogP contribution in [-0.2, 0) is 0 Å². The summed E-state index contributed by atoms with van der Waals surface area (Å²) in [5, 5.41) is 3.16. The van der Waals surface area contributed by atoms with Crippen molar-refractivity contribution in [2.75, 3.05) is 12.4 Å². The third kappa shape index (κ3) is 1.87. The second-order valence-electron chi connectivity index (χ2n) is 3.49. The van der Waals surface area contributed by atoms with Gasteiger partial charge in [0.15, 0.2) is 0 Å². The summed E-state index contributed by atoms with van der Waals surface area (Å²) < 4.78 is 0. The standard InChI is InChI=1S/C13H15N/c1-14-13-9-5-8-12(10-13)11-6-3-2-4-7-11/h2-3,5-6,8-10,14H,4,7H2,1H3. The van der Waals surface area contributed by atoms with Gasteiger partial charge in [-0.05, 0) is 36.1 Å². The van der Waals surface area contributed by atoms with Crippen LogP contribution in [0.15, 0.2) is 42.5 Å². The van der Waals surface area contributed by atoms with Crippen LogP contribution < -0.4 is 5.32 Å². The molecule has 2 rings (SSSR count). The quantitative estimate of drug-likeness (QED) is 0.744. The molecule has 0 aromatic heterocycles. The lowest BCUT2D eigenvalue weighted by Gasteiger charge is -2.10. The second kappa shape index (κ2) is 4.14. The molecule has 0 fully saturated rings. The molecule has 1 aliphatic carbocycles. The van der Waals surface area contributed by atoms with Crippen LogP contribution in [0.25, 0.3) is 5.57 Å². The third-order valence-electron chi connectivity index (χ3n) is 2.54. The molecule has 1 aromatic rings. The zero-order chi connectivity index (χ0) is 9.80. The van der Waals surface area contributed by atoms with E-state index in [1.807, 2.05) is 7.05 Å². The summed E-state index contributed by atoms with van der Waals surface area (Å²) >= 11 is 0.